The lowest BCUT2D eigenvalue weighted by Crippen LogP contribution is -2.48. The van der Waals surface area contributed by atoms with E-state index in [2.05, 4.69) is 10.6 Å². The first-order chi connectivity index (χ1) is 17.8. The summed E-state index contributed by atoms with van der Waals surface area (Å²) in [5.74, 6) is -1.70. The van der Waals surface area contributed by atoms with Gasteiger partial charge in [-0.2, -0.15) is 0 Å². The van der Waals surface area contributed by atoms with Gasteiger partial charge in [0.2, 0.25) is 11.8 Å². The number of rotatable bonds is 9. The summed E-state index contributed by atoms with van der Waals surface area (Å²) in [4.78, 5) is 41.6. The van der Waals surface area contributed by atoms with Crippen LogP contribution in [-0.2, 0) is 16.1 Å². The maximum Gasteiger partial charge on any atom is 0.261 e. The van der Waals surface area contributed by atoms with Crippen molar-refractivity contribution in [1.82, 2.24) is 10.6 Å². The third-order valence-corrected chi connectivity index (χ3v) is 6.63. The van der Waals surface area contributed by atoms with E-state index in [0.29, 0.717) is 21.9 Å². The van der Waals surface area contributed by atoms with Crippen molar-refractivity contribution < 1.29 is 23.2 Å². The summed E-state index contributed by atoms with van der Waals surface area (Å²) in [6.07, 6.45) is 1.48. The minimum Gasteiger partial charge on any atom is -0.467 e. The number of nitrogens with zero attached hydrogens (tertiary/aromatic N) is 1. The Labute approximate surface area is 217 Å². The fourth-order valence-electron chi connectivity index (χ4n) is 3.91. The number of furan rings is 1. The van der Waals surface area contributed by atoms with Crippen molar-refractivity contribution in [1.29, 1.82) is 0 Å². The molecule has 0 spiro atoms. The highest BCUT2D eigenvalue weighted by Gasteiger charge is 2.35. The maximum absolute atomic E-state index is 15.1. The largest absolute Gasteiger partial charge is 0.467 e. The van der Waals surface area contributed by atoms with Crippen molar-refractivity contribution in [2.24, 2.45) is 0 Å². The first-order valence-electron chi connectivity index (χ1n) is 11.6. The molecule has 9 heteroatoms. The molecule has 0 aliphatic rings. The summed E-state index contributed by atoms with van der Waals surface area (Å²) in [5, 5.41) is 7.14. The molecule has 7 nitrogen and oxygen atoms in total. The fourth-order valence-corrected chi connectivity index (χ4v) is 4.55. The zero-order valence-electron chi connectivity index (χ0n) is 20.4. The van der Waals surface area contributed by atoms with Crippen LogP contribution in [0.4, 0.5) is 10.1 Å². The van der Waals surface area contributed by atoms with Crippen molar-refractivity contribution in [2.45, 2.75) is 26.4 Å². The summed E-state index contributed by atoms with van der Waals surface area (Å²) in [7, 11) is 0. The minimum absolute atomic E-state index is 0.0262. The van der Waals surface area contributed by atoms with Crippen LogP contribution in [0, 0.1) is 19.7 Å². The van der Waals surface area contributed by atoms with E-state index in [4.69, 9.17) is 4.42 Å². The van der Waals surface area contributed by atoms with Gasteiger partial charge in [-0.3, -0.25) is 19.3 Å². The Bertz CT molecular complexity index is 1390. The smallest absolute Gasteiger partial charge is 0.261 e. The average molecular weight is 520 g/mol. The number of thiophene rings is 1. The Kier molecular flexibility index (Phi) is 8.15. The molecule has 1 unspecified atom stereocenters. The van der Waals surface area contributed by atoms with Gasteiger partial charge in [0.1, 0.15) is 17.6 Å². The van der Waals surface area contributed by atoms with E-state index in [1.54, 1.807) is 48.7 Å². The van der Waals surface area contributed by atoms with E-state index in [1.807, 2.05) is 19.1 Å². The van der Waals surface area contributed by atoms with Gasteiger partial charge in [-0.05, 0) is 60.7 Å². The third-order valence-electron chi connectivity index (χ3n) is 5.76. The Morgan fingerprint density at radius 1 is 1.00 bits per heavy atom. The second-order valence-corrected chi connectivity index (χ2v) is 9.38. The number of carbonyl (C=O) groups is 3. The molecule has 2 heterocycles. The number of aryl methyl sites for hydroxylation is 2. The van der Waals surface area contributed by atoms with Crippen molar-refractivity contribution in [3.05, 3.63) is 112 Å². The van der Waals surface area contributed by atoms with Crippen LogP contribution in [0.25, 0.3) is 0 Å². The van der Waals surface area contributed by atoms with Gasteiger partial charge >= 0.3 is 0 Å². The predicted molar refractivity (Wildman–Crippen MR) is 140 cm³/mol. The molecule has 4 aromatic rings. The van der Waals surface area contributed by atoms with Crippen molar-refractivity contribution >= 4 is 34.7 Å². The summed E-state index contributed by atoms with van der Waals surface area (Å²) in [6, 6.07) is 16.8. The van der Waals surface area contributed by atoms with Crippen molar-refractivity contribution in [3.8, 4) is 0 Å². The number of amides is 3. The lowest BCUT2D eigenvalue weighted by atomic mass is 10.00. The number of carbonyl (C=O) groups excluding carboxylic acids is 3. The molecular formula is C28H26FN3O4S. The van der Waals surface area contributed by atoms with Crippen LogP contribution in [-0.4, -0.2) is 24.3 Å². The molecule has 1 atom stereocenters. The van der Waals surface area contributed by atoms with Crippen molar-refractivity contribution in [3.63, 3.8) is 0 Å². The zero-order chi connectivity index (χ0) is 26.4. The van der Waals surface area contributed by atoms with Gasteiger partial charge < -0.3 is 15.1 Å². The highest BCUT2D eigenvalue weighted by atomic mass is 32.1. The monoisotopic (exact) mass is 519 g/mol. The second kappa shape index (κ2) is 11.7. The first kappa shape index (κ1) is 25.8. The van der Waals surface area contributed by atoms with Crippen LogP contribution < -0.4 is 15.5 Å². The van der Waals surface area contributed by atoms with Gasteiger partial charge in [-0.25, -0.2) is 4.39 Å². The fraction of sp³-hybridized carbons (Fsp3) is 0.179. The zero-order valence-corrected chi connectivity index (χ0v) is 21.2. The topological polar surface area (TPSA) is 91.7 Å². The number of hydrogen-bond donors (Lipinski definition) is 2. The van der Waals surface area contributed by atoms with E-state index in [0.717, 1.165) is 5.56 Å². The summed E-state index contributed by atoms with van der Waals surface area (Å²) in [5.41, 5.74) is 2.03. The SMILES string of the molecule is Cc1ccc(C)c(N(C(=O)CNC(=O)c2cccs2)C(C(=O)NCc2ccco2)c2ccccc2F)c1. The van der Waals surface area contributed by atoms with E-state index >= 15 is 4.39 Å². The predicted octanol–water partition coefficient (Wildman–Crippen LogP) is 4.92. The minimum atomic E-state index is -1.34. The van der Waals surface area contributed by atoms with Crippen molar-refractivity contribution in [2.75, 3.05) is 11.4 Å². The molecule has 0 saturated heterocycles. The molecule has 0 aliphatic heterocycles. The van der Waals surface area contributed by atoms with Crippen LogP contribution >= 0.6 is 11.3 Å². The molecule has 0 saturated carbocycles. The third kappa shape index (κ3) is 6.13. The Morgan fingerprint density at radius 3 is 2.51 bits per heavy atom. The maximum atomic E-state index is 15.1. The molecule has 0 aliphatic carbocycles. The normalized spacial score (nSPS) is 11.5. The van der Waals surface area contributed by atoms with Gasteiger partial charge in [0.15, 0.2) is 0 Å². The lowest BCUT2D eigenvalue weighted by Gasteiger charge is -2.33. The van der Waals surface area contributed by atoms with Gasteiger partial charge in [0, 0.05) is 11.3 Å². The average Bonchev–Trinajstić information content (AvgIpc) is 3.61. The summed E-state index contributed by atoms with van der Waals surface area (Å²) >= 11 is 1.25. The standard InChI is InChI=1S/C28H26FN3O4S/c1-18-11-12-19(2)23(15-18)32(25(33)17-31-27(34)24-10-6-14-37-24)26(21-8-3-4-9-22(21)29)28(35)30-16-20-7-5-13-36-20/h3-15,26H,16-17H2,1-2H3,(H,30,35)(H,31,34). The van der Waals surface area contributed by atoms with Crippen LogP contribution in [0.5, 0.6) is 0 Å². The van der Waals surface area contributed by atoms with Crippen LogP contribution in [0.15, 0.2) is 82.8 Å². The molecule has 4 rings (SSSR count). The Morgan fingerprint density at radius 2 is 1.81 bits per heavy atom. The molecule has 2 aromatic carbocycles. The highest BCUT2D eigenvalue weighted by molar-refractivity contribution is 7.12. The summed E-state index contributed by atoms with van der Waals surface area (Å²) < 4.78 is 20.4. The highest BCUT2D eigenvalue weighted by Crippen LogP contribution is 2.32. The molecule has 2 N–H and O–H groups in total. The number of anilines is 1. The number of nitrogens with one attached hydrogen (secondary N) is 2. The molecule has 0 bridgehead atoms. The van der Waals surface area contributed by atoms with E-state index in [-0.39, 0.29) is 18.7 Å². The molecule has 0 radical (unpaired) electrons. The van der Waals surface area contributed by atoms with E-state index in [9.17, 15) is 14.4 Å². The summed E-state index contributed by atoms with van der Waals surface area (Å²) in [6.45, 7) is 3.33. The number of halogens is 1. The Hall–Kier alpha value is -4.24. The van der Waals surface area contributed by atoms with E-state index in [1.165, 1.54) is 40.7 Å². The molecule has 2 aromatic heterocycles. The van der Waals surface area contributed by atoms with Gasteiger partial charge in [0.05, 0.1) is 24.2 Å². The quantitative estimate of drug-likeness (QED) is 0.329. The van der Waals surface area contributed by atoms with Gasteiger partial charge in [-0.1, -0.05) is 36.4 Å². The van der Waals surface area contributed by atoms with Crippen LogP contribution in [0.3, 0.4) is 0 Å². The first-order valence-corrected chi connectivity index (χ1v) is 12.5. The molecular weight excluding hydrogens is 493 g/mol. The molecule has 3 amide bonds. The molecule has 37 heavy (non-hydrogen) atoms. The lowest BCUT2D eigenvalue weighted by molar-refractivity contribution is -0.126. The second-order valence-electron chi connectivity index (χ2n) is 8.43. The van der Waals surface area contributed by atoms with Gasteiger partial charge in [0.25, 0.3) is 5.91 Å². The van der Waals surface area contributed by atoms with Gasteiger partial charge in [-0.15, -0.1) is 11.3 Å². The number of hydrogen-bond acceptors (Lipinski definition) is 5. The van der Waals surface area contributed by atoms with Crippen LogP contribution in [0.2, 0.25) is 0 Å². The molecule has 190 valence electrons. The Balaban J connectivity index is 1.73. The molecule has 0 fully saturated rings. The van der Waals surface area contributed by atoms with E-state index < -0.39 is 29.6 Å². The van der Waals surface area contributed by atoms with Crippen LogP contribution in [0.1, 0.15) is 38.2 Å². The number of benzene rings is 2.